The number of ether oxygens (including phenoxy) is 2. The molecule has 1 aromatic rings. The summed E-state index contributed by atoms with van der Waals surface area (Å²) < 4.78 is 11.4. The number of nitrogens with zero attached hydrogens (tertiary/aromatic N) is 2. The van der Waals surface area contributed by atoms with E-state index in [9.17, 15) is 4.79 Å². The Kier molecular flexibility index (Phi) is 4.07. The van der Waals surface area contributed by atoms with Crippen molar-refractivity contribution in [3.05, 3.63) is 18.3 Å². The Bertz CT molecular complexity index is 487. The summed E-state index contributed by atoms with van der Waals surface area (Å²) in [5, 5.41) is 2.80. The van der Waals surface area contributed by atoms with E-state index in [4.69, 9.17) is 9.47 Å². The van der Waals surface area contributed by atoms with Crippen LogP contribution in [0.15, 0.2) is 18.3 Å². The van der Waals surface area contributed by atoms with Gasteiger partial charge in [0.2, 0.25) is 5.91 Å². The molecule has 1 aromatic heterocycles. The van der Waals surface area contributed by atoms with Gasteiger partial charge in [-0.15, -0.1) is 0 Å². The minimum atomic E-state index is -0.356. The van der Waals surface area contributed by atoms with Crippen molar-refractivity contribution in [2.24, 2.45) is 0 Å². The molecule has 0 bridgehead atoms. The van der Waals surface area contributed by atoms with Crippen molar-refractivity contribution in [2.45, 2.75) is 32.0 Å². The van der Waals surface area contributed by atoms with Crippen molar-refractivity contribution >= 4 is 17.4 Å². The lowest BCUT2D eigenvalue weighted by molar-refractivity contribution is -0.169. The lowest BCUT2D eigenvalue weighted by Gasteiger charge is -2.38. The molecule has 0 saturated carbocycles. The van der Waals surface area contributed by atoms with Gasteiger partial charge >= 0.3 is 0 Å². The number of rotatable bonds is 3. The lowest BCUT2D eigenvalue weighted by Crippen LogP contribution is -2.45. The molecule has 2 saturated heterocycles. The van der Waals surface area contributed by atoms with Gasteiger partial charge in [0.1, 0.15) is 5.82 Å². The molecular weight excluding hydrogens is 270 g/mol. The number of anilines is 2. The smallest absolute Gasteiger partial charge is 0.224 e. The van der Waals surface area contributed by atoms with Gasteiger partial charge in [-0.3, -0.25) is 4.79 Å². The average Bonchev–Trinajstić information content (AvgIpc) is 2.97. The van der Waals surface area contributed by atoms with Crippen LogP contribution in [0.5, 0.6) is 0 Å². The van der Waals surface area contributed by atoms with E-state index in [2.05, 4.69) is 15.2 Å². The maximum atomic E-state index is 11.3. The Balaban J connectivity index is 1.59. The van der Waals surface area contributed by atoms with E-state index < -0.39 is 0 Å². The van der Waals surface area contributed by atoms with Crippen LogP contribution in [0.3, 0.4) is 0 Å². The maximum Gasteiger partial charge on any atom is 0.224 e. The Hall–Kier alpha value is -1.66. The largest absolute Gasteiger partial charge is 0.356 e. The molecule has 3 heterocycles. The van der Waals surface area contributed by atoms with Crippen LogP contribution >= 0.6 is 0 Å². The Morgan fingerprint density at radius 3 is 2.62 bits per heavy atom. The highest BCUT2D eigenvalue weighted by Gasteiger charge is 2.39. The van der Waals surface area contributed by atoms with Gasteiger partial charge in [-0.1, -0.05) is 6.92 Å². The summed E-state index contributed by atoms with van der Waals surface area (Å²) in [5.74, 6) is 0.572. The lowest BCUT2D eigenvalue weighted by atomic mass is 10.0. The standard InChI is InChI=1S/C15H21N3O3/c1-2-14(19)17-12-3-4-13(16-11-12)18-7-5-15(6-8-18)20-9-10-21-15/h3-4,11H,2,5-10H2,1H3,(H,17,19). The SMILES string of the molecule is CCC(=O)Nc1ccc(N2CCC3(CC2)OCCO3)nc1. The van der Waals surface area contributed by atoms with E-state index >= 15 is 0 Å². The van der Waals surface area contributed by atoms with Crippen molar-refractivity contribution in [3.63, 3.8) is 0 Å². The fourth-order valence-electron chi connectivity index (χ4n) is 2.76. The van der Waals surface area contributed by atoms with Crippen molar-refractivity contribution in [3.8, 4) is 0 Å². The first-order valence-corrected chi connectivity index (χ1v) is 7.49. The monoisotopic (exact) mass is 291 g/mol. The van der Waals surface area contributed by atoms with E-state index in [1.165, 1.54) is 0 Å². The Labute approximate surface area is 124 Å². The first-order chi connectivity index (χ1) is 10.2. The van der Waals surface area contributed by atoms with Gasteiger partial charge in [-0.2, -0.15) is 0 Å². The number of hydrogen-bond donors (Lipinski definition) is 1. The normalized spacial score (nSPS) is 20.7. The summed E-state index contributed by atoms with van der Waals surface area (Å²) in [6, 6.07) is 3.84. The molecule has 0 radical (unpaired) electrons. The Morgan fingerprint density at radius 2 is 2.05 bits per heavy atom. The van der Waals surface area contributed by atoms with Crippen LogP contribution in [-0.2, 0) is 14.3 Å². The van der Waals surface area contributed by atoms with Gasteiger partial charge in [0, 0.05) is 32.4 Å². The third kappa shape index (κ3) is 3.16. The number of amides is 1. The summed E-state index contributed by atoms with van der Waals surface area (Å²) in [6.07, 6.45) is 3.90. The highest BCUT2D eigenvalue weighted by atomic mass is 16.7. The highest BCUT2D eigenvalue weighted by Crippen LogP contribution is 2.32. The maximum absolute atomic E-state index is 11.3. The molecule has 2 aliphatic heterocycles. The number of nitrogens with one attached hydrogen (secondary N) is 1. The number of hydrogen-bond acceptors (Lipinski definition) is 5. The molecule has 114 valence electrons. The predicted molar refractivity (Wildman–Crippen MR) is 79.2 cm³/mol. The quantitative estimate of drug-likeness (QED) is 0.919. The molecule has 2 aliphatic rings. The second-order valence-corrected chi connectivity index (χ2v) is 5.40. The first kappa shape index (κ1) is 14.3. The summed E-state index contributed by atoms with van der Waals surface area (Å²) in [4.78, 5) is 18.0. The van der Waals surface area contributed by atoms with E-state index in [0.29, 0.717) is 19.6 Å². The molecule has 6 nitrogen and oxygen atoms in total. The summed E-state index contributed by atoms with van der Waals surface area (Å²) in [5.41, 5.74) is 0.738. The molecule has 6 heteroatoms. The first-order valence-electron chi connectivity index (χ1n) is 7.49. The molecule has 1 N–H and O–H groups in total. The van der Waals surface area contributed by atoms with Gasteiger partial charge in [0.25, 0.3) is 0 Å². The van der Waals surface area contributed by atoms with E-state index in [1.54, 1.807) is 6.20 Å². The zero-order valence-corrected chi connectivity index (χ0v) is 12.3. The van der Waals surface area contributed by atoms with Crippen molar-refractivity contribution < 1.29 is 14.3 Å². The minimum Gasteiger partial charge on any atom is -0.356 e. The summed E-state index contributed by atoms with van der Waals surface area (Å²) in [7, 11) is 0. The van der Waals surface area contributed by atoms with Crippen LogP contribution in [0.25, 0.3) is 0 Å². The van der Waals surface area contributed by atoms with E-state index in [0.717, 1.165) is 37.4 Å². The number of pyridine rings is 1. The van der Waals surface area contributed by atoms with Crippen LogP contribution < -0.4 is 10.2 Å². The molecule has 0 unspecified atom stereocenters. The molecule has 0 aliphatic carbocycles. The predicted octanol–water partition coefficient (Wildman–Crippen LogP) is 1.77. The van der Waals surface area contributed by atoms with Crippen LogP contribution in [0.4, 0.5) is 11.5 Å². The number of carbonyl (C=O) groups is 1. The fraction of sp³-hybridized carbons (Fsp3) is 0.600. The number of aromatic nitrogens is 1. The zero-order valence-electron chi connectivity index (χ0n) is 12.3. The van der Waals surface area contributed by atoms with Crippen molar-refractivity contribution in [1.82, 2.24) is 4.98 Å². The fourth-order valence-corrected chi connectivity index (χ4v) is 2.76. The van der Waals surface area contributed by atoms with Crippen LogP contribution in [0.1, 0.15) is 26.2 Å². The molecule has 21 heavy (non-hydrogen) atoms. The van der Waals surface area contributed by atoms with Crippen molar-refractivity contribution in [1.29, 1.82) is 0 Å². The molecule has 2 fully saturated rings. The van der Waals surface area contributed by atoms with Crippen LogP contribution in [0.2, 0.25) is 0 Å². The molecular formula is C15H21N3O3. The molecule has 1 spiro atoms. The van der Waals surface area contributed by atoms with Crippen LogP contribution in [0, 0.1) is 0 Å². The van der Waals surface area contributed by atoms with E-state index in [-0.39, 0.29) is 11.7 Å². The highest BCUT2D eigenvalue weighted by molar-refractivity contribution is 5.90. The third-order valence-corrected chi connectivity index (χ3v) is 4.02. The Morgan fingerprint density at radius 1 is 1.33 bits per heavy atom. The van der Waals surface area contributed by atoms with Crippen LogP contribution in [-0.4, -0.2) is 43.0 Å². The van der Waals surface area contributed by atoms with Crippen molar-refractivity contribution in [2.75, 3.05) is 36.5 Å². The molecule has 0 atom stereocenters. The minimum absolute atomic E-state index is 0.00000441. The zero-order chi connectivity index (χ0) is 14.7. The summed E-state index contributed by atoms with van der Waals surface area (Å²) >= 11 is 0. The average molecular weight is 291 g/mol. The van der Waals surface area contributed by atoms with Gasteiger partial charge in [0.15, 0.2) is 5.79 Å². The number of carbonyl (C=O) groups excluding carboxylic acids is 1. The van der Waals surface area contributed by atoms with Gasteiger partial charge < -0.3 is 19.7 Å². The van der Waals surface area contributed by atoms with E-state index in [1.807, 2.05) is 19.1 Å². The summed E-state index contributed by atoms with van der Waals surface area (Å²) in [6.45, 7) is 4.96. The van der Waals surface area contributed by atoms with Gasteiger partial charge in [0.05, 0.1) is 25.1 Å². The molecule has 0 aromatic carbocycles. The topological polar surface area (TPSA) is 63.7 Å². The third-order valence-electron chi connectivity index (χ3n) is 4.02. The number of piperidine rings is 1. The molecule has 3 rings (SSSR count). The molecule has 1 amide bonds. The second kappa shape index (κ2) is 5.99. The van der Waals surface area contributed by atoms with Gasteiger partial charge in [-0.25, -0.2) is 4.98 Å². The van der Waals surface area contributed by atoms with Gasteiger partial charge in [-0.05, 0) is 12.1 Å². The second-order valence-electron chi connectivity index (χ2n) is 5.40.